The number of nitrogens with zero attached hydrogens (tertiary/aromatic N) is 8. The van der Waals surface area contributed by atoms with Crippen LogP contribution in [0.25, 0.3) is 11.0 Å². The zero-order chi connectivity index (χ0) is 46.1. The SMILES string of the molecule is CCc1cc(Nc2ncc(Br)c(Nc3ccc4nccnc4c3P(C)(C)=O)n2)c(OC)cc1N1CCC(N2CCN(CC3CC(N(C)c4ccc(C5CCC(=O)NC5=O)cc4)C3)CC2)CC1. The maximum atomic E-state index is 13.5. The molecule has 2 aromatic heterocycles. The molecule has 0 bridgehead atoms. The summed E-state index contributed by atoms with van der Waals surface area (Å²) in [6.07, 6.45) is 11.5. The predicted octanol–water partition coefficient (Wildman–Crippen LogP) is 7.51. The third kappa shape index (κ3) is 9.93. The van der Waals surface area contributed by atoms with E-state index in [1.54, 1.807) is 39.0 Å². The monoisotopic (exact) mass is 977 g/mol. The van der Waals surface area contributed by atoms with E-state index in [1.807, 2.05) is 12.1 Å². The van der Waals surface area contributed by atoms with Gasteiger partial charge >= 0.3 is 0 Å². The second-order valence-corrected chi connectivity index (χ2v) is 22.7. The number of halogens is 1. The van der Waals surface area contributed by atoms with Crippen LogP contribution in [-0.4, -0.2) is 127 Å². The molecule has 15 nitrogen and oxygen atoms in total. The lowest BCUT2D eigenvalue weighted by Crippen LogP contribution is -2.55. The molecule has 1 aliphatic carbocycles. The summed E-state index contributed by atoms with van der Waals surface area (Å²) in [5.74, 6) is 1.76. The van der Waals surface area contributed by atoms with Crippen LogP contribution in [0, 0.1) is 5.92 Å². The Balaban J connectivity index is 0.760. The van der Waals surface area contributed by atoms with Crippen molar-refractivity contribution >= 4 is 85.7 Å². The second kappa shape index (κ2) is 19.6. The smallest absolute Gasteiger partial charge is 0.234 e. The molecule has 4 fully saturated rings. The number of carbonyl (C=O) groups is 2. The third-order valence-corrected chi connectivity index (χ3v) is 16.2. The average Bonchev–Trinajstić information content (AvgIpc) is 3.30. The molecular weight excluding hydrogens is 917 g/mol. The van der Waals surface area contributed by atoms with Crippen LogP contribution < -0.4 is 35.8 Å². The van der Waals surface area contributed by atoms with Crippen LogP contribution in [0.15, 0.2) is 71.6 Å². The lowest BCUT2D eigenvalue weighted by atomic mass is 9.78. The van der Waals surface area contributed by atoms with Gasteiger partial charge in [-0.15, -0.1) is 0 Å². The van der Waals surface area contributed by atoms with Crippen LogP contribution in [0.5, 0.6) is 5.75 Å². The van der Waals surface area contributed by atoms with E-state index in [2.05, 4.69) is 117 Å². The molecule has 2 amide bonds. The van der Waals surface area contributed by atoms with Crippen LogP contribution in [0.2, 0.25) is 0 Å². The number of nitrogens with one attached hydrogen (secondary N) is 3. The van der Waals surface area contributed by atoms with Crippen LogP contribution in [0.4, 0.5) is 34.5 Å². The van der Waals surface area contributed by atoms with E-state index in [1.165, 1.54) is 36.3 Å². The minimum absolute atomic E-state index is 0.175. The van der Waals surface area contributed by atoms with Crippen LogP contribution >= 0.6 is 23.1 Å². The van der Waals surface area contributed by atoms with Gasteiger partial charge in [-0.25, -0.2) is 4.98 Å². The maximum Gasteiger partial charge on any atom is 0.234 e. The summed E-state index contributed by atoms with van der Waals surface area (Å²) in [4.78, 5) is 52.6. The predicted molar refractivity (Wildman–Crippen MR) is 267 cm³/mol. The first-order valence-corrected chi connectivity index (χ1v) is 26.7. The van der Waals surface area contributed by atoms with Crippen molar-refractivity contribution < 1.29 is 18.9 Å². The Hall–Kier alpha value is -5.15. The standard InChI is InChI=1S/C49H61BrN11O4P/c1-6-32-27-41(55-49-53-29-38(50)47(57-49)54-40-13-12-39-45(52-18-17-51-39)46(40)66(4,5)64)43(65-3)28-42(32)61-19-15-35(16-20-61)60-23-21-59(22-24-60)30-31-25-36(26-31)58(2)34-9-7-33(8-10-34)37-11-14-44(62)56-48(37)63/h7-10,12-13,17-18,27-29,31,35-37H,6,11,14-16,19-26,30H2,1-5H3,(H,56,62,63)(H2,53,54,55,57). The average molecular weight is 979 g/mol. The molecule has 5 heterocycles. The summed E-state index contributed by atoms with van der Waals surface area (Å²) in [5, 5.41) is 9.92. The molecule has 3 N–H and O–H groups in total. The lowest BCUT2D eigenvalue weighted by Gasteiger charge is -2.47. The summed E-state index contributed by atoms with van der Waals surface area (Å²) in [7, 11) is 1.12. The summed E-state index contributed by atoms with van der Waals surface area (Å²) >= 11 is 3.61. The Kier molecular flexibility index (Phi) is 13.7. The molecule has 5 aromatic rings. The lowest BCUT2D eigenvalue weighted by molar-refractivity contribution is -0.134. The molecule has 1 atom stereocenters. The molecule has 3 aromatic carbocycles. The minimum atomic E-state index is -2.77. The number of aromatic nitrogens is 4. The largest absolute Gasteiger partial charge is 0.494 e. The highest BCUT2D eigenvalue weighted by Gasteiger charge is 2.36. The fourth-order valence-electron chi connectivity index (χ4n) is 10.4. The van der Waals surface area contributed by atoms with E-state index in [0.717, 1.165) is 81.4 Å². The van der Waals surface area contributed by atoms with Gasteiger partial charge in [0.05, 0.1) is 39.7 Å². The molecule has 348 valence electrons. The van der Waals surface area contributed by atoms with E-state index in [4.69, 9.17) is 9.72 Å². The third-order valence-electron chi connectivity index (χ3n) is 14.1. The van der Waals surface area contributed by atoms with Gasteiger partial charge < -0.3 is 34.6 Å². The van der Waals surface area contributed by atoms with Crippen molar-refractivity contribution in [2.75, 3.05) is 93.7 Å². The van der Waals surface area contributed by atoms with Gasteiger partial charge in [-0.05, 0) is 115 Å². The van der Waals surface area contributed by atoms with E-state index < -0.39 is 7.14 Å². The molecule has 3 aliphatic heterocycles. The summed E-state index contributed by atoms with van der Waals surface area (Å²) < 4.78 is 20.2. The number of fused-ring (bicyclic) bond motifs is 1. The second-order valence-electron chi connectivity index (χ2n) is 18.7. The van der Waals surface area contributed by atoms with Crippen molar-refractivity contribution in [1.82, 2.24) is 35.1 Å². The van der Waals surface area contributed by atoms with Gasteiger partial charge in [-0.2, -0.15) is 4.98 Å². The van der Waals surface area contributed by atoms with E-state index >= 15 is 0 Å². The van der Waals surface area contributed by atoms with Crippen molar-refractivity contribution in [3.05, 3.63) is 82.7 Å². The zero-order valence-corrected chi connectivity index (χ0v) is 41.1. The molecule has 0 radical (unpaired) electrons. The number of piperidine rings is 2. The Morgan fingerprint density at radius 3 is 2.35 bits per heavy atom. The number of anilines is 6. The number of methoxy groups -OCH3 is 1. The van der Waals surface area contributed by atoms with Gasteiger partial charge in [0.2, 0.25) is 17.8 Å². The number of hydrogen-bond donors (Lipinski definition) is 3. The van der Waals surface area contributed by atoms with Gasteiger partial charge in [0, 0.05) is 107 Å². The highest BCUT2D eigenvalue weighted by molar-refractivity contribution is 9.10. The number of hydrogen-bond acceptors (Lipinski definition) is 14. The molecule has 4 aliphatic rings. The number of piperazine rings is 1. The Bertz CT molecular complexity index is 2630. The first-order valence-electron chi connectivity index (χ1n) is 23.3. The molecule has 0 spiro atoms. The topological polar surface area (TPSA) is 161 Å². The number of aryl methyl sites for hydroxylation is 1. The van der Waals surface area contributed by atoms with Crippen molar-refractivity contribution in [3.8, 4) is 5.75 Å². The van der Waals surface area contributed by atoms with Gasteiger partial charge in [0.25, 0.3) is 0 Å². The van der Waals surface area contributed by atoms with Gasteiger partial charge in [-0.1, -0.05) is 19.1 Å². The molecule has 66 heavy (non-hydrogen) atoms. The Labute approximate surface area is 396 Å². The van der Waals surface area contributed by atoms with Crippen molar-refractivity contribution in [2.24, 2.45) is 5.92 Å². The van der Waals surface area contributed by atoms with E-state index in [9.17, 15) is 14.2 Å². The Morgan fingerprint density at radius 1 is 0.909 bits per heavy atom. The number of benzene rings is 3. The van der Waals surface area contributed by atoms with Crippen LogP contribution in [0.3, 0.4) is 0 Å². The fraction of sp³-hybridized carbons (Fsp3) is 0.469. The van der Waals surface area contributed by atoms with Gasteiger partial charge in [0.1, 0.15) is 24.2 Å². The van der Waals surface area contributed by atoms with E-state index in [0.29, 0.717) is 63.2 Å². The number of ether oxygens (including phenoxy) is 1. The van der Waals surface area contributed by atoms with E-state index in [-0.39, 0.29) is 17.7 Å². The van der Waals surface area contributed by atoms with Gasteiger partial charge in [0.15, 0.2) is 0 Å². The first kappa shape index (κ1) is 46.0. The molecule has 1 unspecified atom stereocenters. The van der Waals surface area contributed by atoms with Gasteiger partial charge in [-0.3, -0.25) is 29.8 Å². The maximum absolute atomic E-state index is 13.5. The molecule has 9 rings (SSSR count). The van der Waals surface area contributed by atoms with Crippen LogP contribution in [-0.2, 0) is 20.6 Å². The van der Waals surface area contributed by atoms with Crippen LogP contribution in [0.1, 0.15) is 62.5 Å². The molecule has 3 saturated heterocycles. The summed E-state index contributed by atoms with van der Waals surface area (Å²) in [6, 6.07) is 17.5. The summed E-state index contributed by atoms with van der Waals surface area (Å²) in [5.41, 5.74) is 7.34. The normalized spacial score (nSPS) is 21.1. The zero-order valence-electron chi connectivity index (χ0n) is 38.6. The van der Waals surface area contributed by atoms with Crippen molar-refractivity contribution in [2.45, 2.75) is 69.9 Å². The highest BCUT2D eigenvalue weighted by atomic mass is 79.9. The fourth-order valence-corrected chi connectivity index (χ4v) is 12.1. The number of amides is 2. The first-order chi connectivity index (χ1) is 31.8. The number of rotatable bonds is 14. The highest BCUT2D eigenvalue weighted by Crippen LogP contribution is 2.42. The quantitative estimate of drug-likeness (QED) is 0.0741. The Morgan fingerprint density at radius 2 is 1.65 bits per heavy atom. The molecule has 17 heteroatoms. The molecule has 1 saturated carbocycles. The van der Waals surface area contributed by atoms with Crippen molar-refractivity contribution in [1.29, 1.82) is 0 Å². The minimum Gasteiger partial charge on any atom is -0.494 e. The number of imide groups is 1. The number of carbonyl (C=O) groups excluding carboxylic acids is 2. The van der Waals surface area contributed by atoms with Crippen molar-refractivity contribution in [3.63, 3.8) is 0 Å². The molecular formula is C49H61BrN11O4P. The summed E-state index contributed by atoms with van der Waals surface area (Å²) in [6.45, 7) is 13.3.